The van der Waals surface area contributed by atoms with Crippen molar-refractivity contribution in [3.8, 4) is 0 Å². The zero-order valence-electron chi connectivity index (χ0n) is 9.31. The molecule has 1 unspecified atom stereocenters. The van der Waals surface area contributed by atoms with Crippen LogP contribution >= 0.6 is 15.9 Å². The number of nitro groups is 1. The van der Waals surface area contributed by atoms with Gasteiger partial charge in [0.1, 0.15) is 0 Å². The van der Waals surface area contributed by atoms with E-state index in [9.17, 15) is 19.3 Å². The average Bonchev–Trinajstić information content (AvgIpc) is 2.32. The van der Waals surface area contributed by atoms with Crippen molar-refractivity contribution >= 4 is 33.2 Å². The maximum Gasteiger partial charge on any atom is 0.304 e. The Morgan fingerprint density at radius 1 is 1.50 bits per heavy atom. The van der Waals surface area contributed by atoms with Crippen LogP contribution < -0.4 is 4.90 Å². The minimum atomic E-state index is -0.929. The standard InChI is InChI=1S/C11H10BrFN2O3/c12-8-2-1-5-14(11(8)16)7-3-4-10(15(17)18)9(13)6-7/h3-4,6,8H,1-2,5H2. The molecule has 0 saturated carbocycles. The zero-order chi connectivity index (χ0) is 13.3. The molecule has 7 heteroatoms. The van der Waals surface area contributed by atoms with Gasteiger partial charge >= 0.3 is 5.69 Å². The highest BCUT2D eigenvalue weighted by molar-refractivity contribution is 9.10. The summed E-state index contributed by atoms with van der Waals surface area (Å²) in [6, 6.07) is 3.50. The summed E-state index contributed by atoms with van der Waals surface area (Å²) in [5, 5.41) is 10.5. The summed E-state index contributed by atoms with van der Waals surface area (Å²) in [7, 11) is 0. The molecule has 0 N–H and O–H groups in total. The normalized spacial score (nSPS) is 20.0. The Kier molecular flexibility index (Phi) is 3.60. The van der Waals surface area contributed by atoms with E-state index in [0.29, 0.717) is 12.2 Å². The third kappa shape index (κ3) is 2.35. The fraction of sp³-hybridized carbons (Fsp3) is 0.364. The monoisotopic (exact) mass is 316 g/mol. The van der Waals surface area contributed by atoms with Crippen LogP contribution in [0.3, 0.4) is 0 Å². The van der Waals surface area contributed by atoms with Gasteiger partial charge < -0.3 is 4.90 Å². The molecule has 0 aromatic heterocycles. The summed E-state index contributed by atoms with van der Waals surface area (Å²) in [5.74, 6) is -1.07. The van der Waals surface area contributed by atoms with Crippen LogP contribution in [0, 0.1) is 15.9 Å². The summed E-state index contributed by atoms with van der Waals surface area (Å²) < 4.78 is 13.5. The van der Waals surface area contributed by atoms with Crippen LogP contribution in [-0.4, -0.2) is 22.2 Å². The lowest BCUT2D eigenvalue weighted by Crippen LogP contribution is -2.41. The summed E-state index contributed by atoms with van der Waals surface area (Å²) in [6.07, 6.45) is 1.55. The van der Waals surface area contributed by atoms with E-state index in [4.69, 9.17) is 0 Å². The van der Waals surface area contributed by atoms with Gasteiger partial charge in [0.05, 0.1) is 9.75 Å². The number of carbonyl (C=O) groups is 1. The Morgan fingerprint density at radius 3 is 2.83 bits per heavy atom. The number of nitro benzene ring substituents is 1. The molecule has 1 atom stereocenters. The number of hydrogen-bond acceptors (Lipinski definition) is 3. The second-order valence-electron chi connectivity index (χ2n) is 3.99. The average molecular weight is 317 g/mol. The number of carbonyl (C=O) groups excluding carboxylic acids is 1. The second kappa shape index (κ2) is 5.01. The number of amides is 1. The van der Waals surface area contributed by atoms with E-state index < -0.39 is 16.4 Å². The molecule has 2 rings (SSSR count). The second-order valence-corrected chi connectivity index (χ2v) is 5.10. The Labute approximate surface area is 111 Å². The van der Waals surface area contributed by atoms with Gasteiger partial charge in [-0.3, -0.25) is 14.9 Å². The lowest BCUT2D eigenvalue weighted by atomic mass is 10.1. The molecule has 0 radical (unpaired) electrons. The highest BCUT2D eigenvalue weighted by Gasteiger charge is 2.28. The van der Waals surface area contributed by atoms with Crippen LogP contribution in [0.2, 0.25) is 0 Å². The van der Waals surface area contributed by atoms with Crippen LogP contribution in [0.4, 0.5) is 15.8 Å². The van der Waals surface area contributed by atoms with Crippen molar-refractivity contribution in [1.82, 2.24) is 0 Å². The highest BCUT2D eigenvalue weighted by Crippen LogP contribution is 2.28. The number of benzene rings is 1. The zero-order valence-corrected chi connectivity index (χ0v) is 10.9. The largest absolute Gasteiger partial charge is 0.311 e. The molecule has 1 aromatic carbocycles. The molecule has 1 fully saturated rings. The summed E-state index contributed by atoms with van der Waals surface area (Å²) >= 11 is 3.25. The molecule has 1 aromatic rings. The van der Waals surface area contributed by atoms with E-state index in [-0.39, 0.29) is 10.7 Å². The molecule has 0 aliphatic carbocycles. The van der Waals surface area contributed by atoms with Crippen molar-refractivity contribution in [2.24, 2.45) is 0 Å². The first kappa shape index (κ1) is 12.9. The molecule has 5 nitrogen and oxygen atoms in total. The number of anilines is 1. The van der Waals surface area contributed by atoms with Gasteiger partial charge in [0.2, 0.25) is 11.7 Å². The minimum absolute atomic E-state index is 0.144. The molecule has 1 saturated heterocycles. The molecule has 0 spiro atoms. The van der Waals surface area contributed by atoms with E-state index >= 15 is 0 Å². The van der Waals surface area contributed by atoms with Gasteiger partial charge in [-0.05, 0) is 18.9 Å². The van der Waals surface area contributed by atoms with Crippen LogP contribution in [0.1, 0.15) is 12.8 Å². The van der Waals surface area contributed by atoms with Crippen molar-refractivity contribution in [2.75, 3.05) is 11.4 Å². The fourth-order valence-electron chi connectivity index (χ4n) is 1.90. The predicted octanol–water partition coefficient (Wildman–Crippen LogP) is 2.62. The van der Waals surface area contributed by atoms with Gasteiger partial charge in [-0.2, -0.15) is 4.39 Å². The topological polar surface area (TPSA) is 63.5 Å². The van der Waals surface area contributed by atoms with E-state index in [2.05, 4.69) is 15.9 Å². The Bertz CT molecular complexity index is 509. The van der Waals surface area contributed by atoms with Gasteiger partial charge in [0.15, 0.2) is 0 Å². The maximum absolute atomic E-state index is 13.5. The number of piperidine rings is 1. The molecular weight excluding hydrogens is 307 g/mol. The third-order valence-corrected chi connectivity index (χ3v) is 3.66. The van der Waals surface area contributed by atoms with Crippen molar-refractivity contribution in [3.63, 3.8) is 0 Å². The Hall–Kier alpha value is -1.50. The third-order valence-electron chi connectivity index (χ3n) is 2.81. The smallest absolute Gasteiger partial charge is 0.304 e. The molecule has 1 amide bonds. The first-order valence-electron chi connectivity index (χ1n) is 5.40. The molecule has 96 valence electrons. The van der Waals surface area contributed by atoms with Crippen molar-refractivity contribution in [3.05, 3.63) is 34.1 Å². The first-order chi connectivity index (χ1) is 8.50. The number of alkyl halides is 1. The lowest BCUT2D eigenvalue weighted by Gasteiger charge is -2.29. The molecule has 0 bridgehead atoms. The first-order valence-corrected chi connectivity index (χ1v) is 6.31. The lowest BCUT2D eigenvalue weighted by molar-refractivity contribution is -0.387. The van der Waals surface area contributed by atoms with E-state index in [1.54, 1.807) is 0 Å². The van der Waals surface area contributed by atoms with Gasteiger partial charge in [0, 0.05) is 24.4 Å². The van der Waals surface area contributed by atoms with Gasteiger partial charge in [-0.25, -0.2) is 0 Å². The molecular formula is C11H10BrFN2O3. The van der Waals surface area contributed by atoms with Crippen molar-refractivity contribution in [2.45, 2.75) is 17.7 Å². The van der Waals surface area contributed by atoms with Gasteiger partial charge in [-0.1, -0.05) is 15.9 Å². The molecule has 1 aliphatic rings. The van der Waals surface area contributed by atoms with E-state index in [1.165, 1.54) is 11.0 Å². The number of hydrogen-bond donors (Lipinski definition) is 0. The van der Waals surface area contributed by atoms with Gasteiger partial charge in [-0.15, -0.1) is 0 Å². The Balaban J connectivity index is 2.31. The fourth-order valence-corrected chi connectivity index (χ4v) is 2.47. The minimum Gasteiger partial charge on any atom is -0.311 e. The van der Waals surface area contributed by atoms with Crippen LogP contribution in [-0.2, 0) is 4.79 Å². The van der Waals surface area contributed by atoms with E-state index in [1.807, 2.05) is 0 Å². The molecule has 1 aliphatic heterocycles. The summed E-state index contributed by atoms with van der Waals surface area (Å²) in [6.45, 7) is 0.498. The quantitative estimate of drug-likeness (QED) is 0.478. The Morgan fingerprint density at radius 2 is 2.22 bits per heavy atom. The maximum atomic E-state index is 13.5. The summed E-state index contributed by atoms with van der Waals surface area (Å²) in [5.41, 5.74) is -0.231. The predicted molar refractivity (Wildman–Crippen MR) is 67.4 cm³/mol. The highest BCUT2D eigenvalue weighted by atomic mass is 79.9. The van der Waals surface area contributed by atoms with Crippen LogP contribution in [0.25, 0.3) is 0 Å². The molecule has 1 heterocycles. The number of rotatable bonds is 2. The van der Waals surface area contributed by atoms with Crippen molar-refractivity contribution < 1.29 is 14.1 Å². The molecule has 18 heavy (non-hydrogen) atoms. The summed E-state index contributed by atoms with van der Waals surface area (Å²) in [4.78, 5) is 22.8. The SMILES string of the molecule is O=C1C(Br)CCCN1c1ccc([N+](=O)[O-])c(F)c1. The van der Waals surface area contributed by atoms with Crippen molar-refractivity contribution in [1.29, 1.82) is 0 Å². The number of halogens is 2. The number of nitrogens with zero attached hydrogens (tertiary/aromatic N) is 2. The van der Waals surface area contributed by atoms with E-state index in [0.717, 1.165) is 25.0 Å². The van der Waals surface area contributed by atoms with Gasteiger partial charge in [0.25, 0.3) is 0 Å². The van der Waals surface area contributed by atoms with Crippen LogP contribution in [0.5, 0.6) is 0 Å². The van der Waals surface area contributed by atoms with Crippen LogP contribution in [0.15, 0.2) is 18.2 Å².